The molecule has 21 heavy (non-hydrogen) atoms. The molecular formula is C16H19F2N3. The highest BCUT2D eigenvalue weighted by Crippen LogP contribution is 2.40. The summed E-state index contributed by atoms with van der Waals surface area (Å²) in [6, 6.07) is 2.91. The first-order valence-electron chi connectivity index (χ1n) is 7.81. The van der Waals surface area contributed by atoms with Crippen molar-refractivity contribution >= 4 is 11.0 Å². The highest BCUT2D eigenvalue weighted by Gasteiger charge is 2.29. The molecule has 1 aliphatic carbocycles. The van der Waals surface area contributed by atoms with Crippen LogP contribution in [0.15, 0.2) is 12.1 Å². The van der Waals surface area contributed by atoms with Crippen LogP contribution in [0.2, 0.25) is 0 Å². The summed E-state index contributed by atoms with van der Waals surface area (Å²) in [6.07, 6.45) is 5.54. The van der Waals surface area contributed by atoms with Gasteiger partial charge < -0.3 is 9.88 Å². The molecule has 0 bridgehead atoms. The molecule has 0 atom stereocenters. The third-order valence-electron chi connectivity index (χ3n) is 4.90. The van der Waals surface area contributed by atoms with Crippen LogP contribution in [0, 0.1) is 11.6 Å². The molecule has 4 rings (SSSR count). The van der Waals surface area contributed by atoms with E-state index in [2.05, 4.69) is 14.9 Å². The first-order chi connectivity index (χ1) is 10.2. The van der Waals surface area contributed by atoms with Crippen molar-refractivity contribution in [1.82, 2.24) is 14.9 Å². The fraction of sp³-hybridized carbons (Fsp3) is 0.562. The van der Waals surface area contributed by atoms with Gasteiger partial charge in [0.1, 0.15) is 5.82 Å². The van der Waals surface area contributed by atoms with Gasteiger partial charge in [0, 0.05) is 24.1 Å². The van der Waals surface area contributed by atoms with Gasteiger partial charge in [-0.15, -0.1) is 0 Å². The Balaban J connectivity index is 1.88. The van der Waals surface area contributed by atoms with Crippen molar-refractivity contribution in [2.45, 2.75) is 44.1 Å². The van der Waals surface area contributed by atoms with Crippen molar-refractivity contribution in [1.29, 1.82) is 0 Å². The molecule has 0 amide bonds. The number of fused-ring (bicyclic) bond motifs is 1. The molecule has 0 unspecified atom stereocenters. The molecule has 1 aromatic carbocycles. The van der Waals surface area contributed by atoms with Crippen LogP contribution in [0.5, 0.6) is 0 Å². The smallest absolute Gasteiger partial charge is 0.161 e. The Labute approximate surface area is 122 Å². The Kier molecular flexibility index (Phi) is 3.17. The number of benzene rings is 1. The first-order valence-corrected chi connectivity index (χ1v) is 7.81. The van der Waals surface area contributed by atoms with E-state index in [1.54, 1.807) is 0 Å². The van der Waals surface area contributed by atoms with E-state index in [-0.39, 0.29) is 0 Å². The molecule has 0 spiro atoms. The number of nitrogens with zero attached hydrogens (tertiary/aromatic N) is 2. The number of imidazole rings is 1. The van der Waals surface area contributed by atoms with Crippen molar-refractivity contribution in [2.75, 3.05) is 13.1 Å². The topological polar surface area (TPSA) is 29.9 Å². The van der Waals surface area contributed by atoms with E-state index in [1.807, 2.05) is 0 Å². The summed E-state index contributed by atoms with van der Waals surface area (Å²) in [5, 5.41) is 3.35. The highest BCUT2D eigenvalue weighted by atomic mass is 19.2. The lowest BCUT2D eigenvalue weighted by Crippen LogP contribution is -2.31. The summed E-state index contributed by atoms with van der Waals surface area (Å²) >= 11 is 0. The van der Waals surface area contributed by atoms with Crippen molar-refractivity contribution in [2.24, 2.45) is 0 Å². The zero-order chi connectivity index (χ0) is 14.4. The maximum Gasteiger partial charge on any atom is 0.161 e. The molecule has 1 aliphatic heterocycles. The molecule has 112 valence electrons. The molecule has 0 radical (unpaired) electrons. The van der Waals surface area contributed by atoms with E-state index >= 15 is 0 Å². The number of rotatable bonds is 2. The van der Waals surface area contributed by atoms with Gasteiger partial charge in [-0.3, -0.25) is 0 Å². The number of aromatic nitrogens is 2. The number of halogens is 2. The molecule has 2 heterocycles. The van der Waals surface area contributed by atoms with Crippen molar-refractivity contribution < 1.29 is 8.78 Å². The maximum absolute atomic E-state index is 13.7. The van der Waals surface area contributed by atoms with Crippen LogP contribution in [0.4, 0.5) is 8.78 Å². The van der Waals surface area contributed by atoms with Gasteiger partial charge in [-0.1, -0.05) is 6.42 Å². The van der Waals surface area contributed by atoms with E-state index in [4.69, 9.17) is 0 Å². The monoisotopic (exact) mass is 291 g/mol. The predicted molar refractivity (Wildman–Crippen MR) is 77.4 cm³/mol. The van der Waals surface area contributed by atoms with Crippen molar-refractivity contribution in [3.8, 4) is 0 Å². The van der Waals surface area contributed by atoms with Crippen LogP contribution in [0.25, 0.3) is 11.0 Å². The predicted octanol–water partition coefficient (Wildman–Crippen LogP) is 3.51. The Bertz CT molecular complexity index is 670. The molecule has 1 aromatic heterocycles. The molecular weight excluding hydrogens is 272 g/mol. The molecule has 2 aliphatic rings. The fourth-order valence-corrected chi connectivity index (χ4v) is 3.51. The first kappa shape index (κ1) is 13.2. The van der Waals surface area contributed by atoms with Crippen LogP contribution in [-0.4, -0.2) is 22.6 Å². The number of nitrogens with one attached hydrogen (secondary N) is 1. The quantitative estimate of drug-likeness (QED) is 0.917. The molecule has 1 N–H and O–H groups in total. The second-order valence-corrected chi connectivity index (χ2v) is 6.20. The SMILES string of the molecule is Fc1cc2nc(C3CCC3)n(C3CCNCC3)c2cc1F. The minimum atomic E-state index is -0.808. The van der Waals surface area contributed by atoms with Gasteiger partial charge in [0.05, 0.1) is 11.0 Å². The van der Waals surface area contributed by atoms with Crippen molar-refractivity contribution in [3.63, 3.8) is 0 Å². The minimum absolute atomic E-state index is 0.344. The second-order valence-electron chi connectivity index (χ2n) is 6.20. The molecule has 1 saturated heterocycles. The lowest BCUT2D eigenvalue weighted by molar-refractivity contribution is 0.331. The largest absolute Gasteiger partial charge is 0.324 e. The highest BCUT2D eigenvalue weighted by molar-refractivity contribution is 5.76. The Morgan fingerprint density at radius 1 is 1.05 bits per heavy atom. The number of hydrogen-bond donors (Lipinski definition) is 1. The summed E-state index contributed by atoms with van der Waals surface area (Å²) in [6.45, 7) is 1.94. The summed E-state index contributed by atoms with van der Waals surface area (Å²) < 4.78 is 29.4. The van der Waals surface area contributed by atoms with E-state index in [1.165, 1.54) is 18.6 Å². The average Bonchev–Trinajstić information content (AvgIpc) is 2.76. The Morgan fingerprint density at radius 3 is 2.43 bits per heavy atom. The molecule has 1 saturated carbocycles. The van der Waals surface area contributed by atoms with Gasteiger partial charge in [-0.05, 0) is 38.8 Å². The third-order valence-corrected chi connectivity index (χ3v) is 4.90. The summed E-state index contributed by atoms with van der Waals surface area (Å²) in [4.78, 5) is 4.65. The van der Waals surface area contributed by atoms with E-state index in [0.29, 0.717) is 17.5 Å². The fourth-order valence-electron chi connectivity index (χ4n) is 3.51. The van der Waals surface area contributed by atoms with Gasteiger partial charge >= 0.3 is 0 Å². The van der Waals surface area contributed by atoms with Gasteiger partial charge in [-0.25, -0.2) is 13.8 Å². The number of hydrogen-bond acceptors (Lipinski definition) is 2. The normalized spacial score (nSPS) is 20.9. The Morgan fingerprint density at radius 2 is 1.76 bits per heavy atom. The maximum atomic E-state index is 13.7. The minimum Gasteiger partial charge on any atom is -0.324 e. The van der Waals surface area contributed by atoms with Crippen LogP contribution in [-0.2, 0) is 0 Å². The average molecular weight is 291 g/mol. The number of piperidine rings is 1. The van der Waals surface area contributed by atoms with Gasteiger partial charge in [0.25, 0.3) is 0 Å². The van der Waals surface area contributed by atoms with Crippen LogP contribution >= 0.6 is 0 Å². The molecule has 2 fully saturated rings. The second kappa shape index (κ2) is 5.05. The standard InChI is InChI=1S/C16H19F2N3/c17-12-8-14-15(9-13(12)18)21(11-4-6-19-7-5-11)16(20-14)10-2-1-3-10/h8-11,19H,1-7H2. The van der Waals surface area contributed by atoms with Gasteiger partial charge in [0.15, 0.2) is 11.6 Å². The lowest BCUT2D eigenvalue weighted by Gasteiger charge is -2.31. The van der Waals surface area contributed by atoms with Crippen LogP contribution in [0.3, 0.4) is 0 Å². The zero-order valence-corrected chi connectivity index (χ0v) is 11.9. The van der Waals surface area contributed by atoms with E-state index in [9.17, 15) is 8.78 Å². The third kappa shape index (κ3) is 2.14. The van der Waals surface area contributed by atoms with Crippen LogP contribution < -0.4 is 5.32 Å². The summed E-state index contributed by atoms with van der Waals surface area (Å²) in [5.74, 6) is -0.0954. The van der Waals surface area contributed by atoms with E-state index < -0.39 is 11.6 Å². The Hall–Kier alpha value is -1.49. The van der Waals surface area contributed by atoms with Crippen LogP contribution in [0.1, 0.15) is 49.9 Å². The van der Waals surface area contributed by atoms with Gasteiger partial charge in [-0.2, -0.15) is 0 Å². The lowest BCUT2D eigenvalue weighted by atomic mass is 9.84. The summed E-state index contributed by atoms with van der Waals surface area (Å²) in [7, 11) is 0. The zero-order valence-electron chi connectivity index (χ0n) is 11.9. The molecule has 5 heteroatoms. The van der Waals surface area contributed by atoms with Crippen molar-refractivity contribution in [3.05, 3.63) is 29.6 Å². The van der Waals surface area contributed by atoms with E-state index in [0.717, 1.165) is 50.1 Å². The molecule has 2 aromatic rings. The van der Waals surface area contributed by atoms with Gasteiger partial charge in [0.2, 0.25) is 0 Å². The molecule has 3 nitrogen and oxygen atoms in total. The summed E-state index contributed by atoms with van der Waals surface area (Å²) in [5.41, 5.74) is 1.34.